The summed E-state index contributed by atoms with van der Waals surface area (Å²) in [5, 5.41) is 5.39. The molecule has 7 nitrogen and oxygen atoms in total. The highest BCUT2D eigenvalue weighted by Crippen LogP contribution is 2.12. The standard InChI is InChI=1S/C21H24N2O5/c1-14(21(26)22-13-17-6-10-19(27-3)11-7-17)28-20(25)12-16-4-8-18(9-5-16)23-15(2)24/h4-11,14H,12-13H2,1-3H3,(H,22,26)(H,23,24)/t14-/m1/s1. The average Bonchev–Trinajstić information content (AvgIpc) is 2.67. The summed E-state index contributed by atoms with van der Waals surface area (Å²) in [6, 6.07) is 14.2. The Morgan fingerprint density at radius 3 is 2.14 bits per heavy atom. The van der Waals surface area contributed by atoms with Crippen molar-refractivity contribution in [2.75, 3.05) is 12.4 Å². The Labute approximate surface area is 164 Å². The van der Waals surface area contributed by atoms with Gasteiger partial charge in [0.2, 0.25) is 5.91 Å². The summed E-state index contributed by atoms with van der Waals surface area (Å²) in [6.45, 7) is 3.28. The fourth-order valence-electron chi connectivity index (χ4n) is 2.44. The van der Waals surface area contributed by atoms with E-state index < -0.39 is 12.1 Å². The zero-order valence-corrected chi connectivity index (χ0v) is 16.2. The van der Waals surface area contributed by atoms with E-state index in [1.165, 1.54) is 13.8 Å². The molecule has 0 fully saturated rings. The topological polar surface area (TPSA) is 93.7 Å². The van der Waals surface area contributed by atoms with Gasteiger partial charge in [-0.1, -0.05) is 24.3 Å². The molecular formula is C21H24N2O5. The van der Waals surface area contributed by atoms with Crippen molar-refractivity contribution in [3.8, 4) is 5.75 Å². The van der Waals surface area contributed by atoms with E-state index in [0.29, 0.717) is 12.2 Å². The van der Waals surface area contributed by atoms with Gasteiger partial charge >= 0.3 is 5.97 Å². The number of amides is 2. The summed E-state index contributed by atoms with van der Waals surface area (Å²) in [7, 11) is 1.59. The van der Waals surface area contributed by atoms with Crippen molar-refractivity contribution >= 4 is 23.5 Å². The van der Waals surface area contributed by atoms with Gasteiger partial charge in [0.05, 0.1) is 13.5 Å². The Balaban J connectivity index is 1.78. The van der Waals surface area contributed by atoms with Crippen LogP contribution in [0.3, 0.4) is 0 Å². The molecular weight excluding hydrogens is 360 g/mol. The molecule has 0 aliphatic heterocycles. The zero-order valence-electron chi connectivity index (χ0n) is 16.2. The number of rotatable bonds is 8. The highest BCUT2D eigenvalue weighted by molar-refractivity contribution is 5.88. The van der Waals surface area contributed by atoms with Crippen LogP contribution in [0.15, 0.2) is 48.5 Å². The number of carbonyl (C=O) groups excluding carboxylic acids is 3. The van der Waals surface area contributed by atoms with Crippen LogP contribution in [0.1, 0.15) is 25.0 Å². The quantitative estimate of drug-likeness (QED) is 0.682. The predicted octanol–water partition coefficient (Wildman–Crippen LogP) is 2.44. The number of methoxy groups -OCH3 is 1. The highest BCUT2D eigenvalue weighted by atomic mass is 16.5. The minimum absolute atomic E-state index is 0.0381. The number of carbonyl (C=O) groups is 3. The molecule has 148 valence electrons. The molecule has 0 heterocycles. The van der Waals surface area contributed by atoms with Crippen LogP contribution in [0.25, 0.3) is 0 Å². The maximum atomic E-state index is 12.1. The van der Waals surface area contributed by atoms with Gasteiger partial charge < -0.3 is 20.1 Å². The lowest BCUT2D eigenvalue weighted by molar-refractivity contribution is -0.154. The van der Waals surface area contributed by atoms with E-state index in [0.717, 1.165) is 16.9 Å². The Morgan fingerprint density at radius 2 is 1.57 bits per heavy atom. The maximum absolute atomic E-state index is 12.1. The molecule has 0 spiro atoms. The lowest BCUT2D eigenvalue weighted by Gasteiger charge is -2.14. The van der Waals surface area contributed by atoms with E-state index in [4.69, 9.17) is 9.47 Å². The maximum Gasteiger partial charge on any atom is 0.311 e. The molecule has 0 aliphatic carbocycles. The third-order valence-electron chi connectivity index (χ3n) is 3.93. The first kappa shape index (κ1) is 21.0. The summed E-state index contributed by atoms with van der Waals surface area (Å²) >= 11 is 0. The molecule has 2 aromatic carbocycles. The molecule has 7 heteroatoms. The number of benzene rings is 2. The lowest BCUT2D eigenvalue weighted by Crippen LogP contribution is -2.35. The van der Waals surface area contributed by atoms with Crippen LogP contribution >= 0.6 is 0 Å². The first-order valence-electron chi connectivity index (χ1n) is 8.84. The van der Waals surface area contributed by atoms with E-state index in [-0.39, 0.29) is 18.2 Å². The lowest BCUT2D eigenvalue weighted by atomic mass is 10.1. The van der Waals surface area contributed by atoms with Gasteiger partial charge in [0, 0.05) is 19.2 Å². The smallest absolute Gasteiger partial charge is 0.311 e. The molecule has 0 saturated carbocycles. The van der Waals surface area contributed by atoms with Crippen LogP contribution in [-0.2, 0) is 32.1 Å². The van der Waals surface area contributed by atoms with E-state index in [9.17, 15) is 14.4 Å². The largest absolute Gasteiger partial charge is 0.497 e. The second-order valence-corrected chi connectivity index (χ2v) is 6.25. The number of anilines is 1. The molecule has 2 N–H and O–H groups in total. The molecule has 1 atom stereocenters. The Bertz CT molecular complexity index is 816. The first-order chi connectivity index (χ1) is 13.4. The number of hydrogen-bond acceptors (Lipinski definition) is 5. The van der Waals surface area contributed by atoms with Gasteiger partial charge in [0.1, 0.15) is 5.75 Å². The molecule has 2 rings (SSSR count). The SMILES string of the molecule is COc1ccc(CNC(=O)[C@@H](C)OC(=O)Cc2ccc(NC(C)=O)cc2)cc1. The number of esters is 1. The van der Waals surface area contributed by atoms with Gasteiger partial charge in [-0.3, -0.25) is 14.4 Å². The molecule has 2 amide bonds. The monoisotopic (exact) mass is 384 g/mol. The third-order valence-corrected chi connectivity index (χ3v) is 3.93. The van der Waals surface area contributed by atoms with Crippen LogP contribution in [0, 0.1) is 0 Å². The molecule has 28 heavy (non-hydrogen) atoms. The number of ether oxygens (including phenoxy) is 2. The van der Waals surface area contributed by atoms with E-state index in [2.05, 4.69) is 10.6 Å². The third kappa shape index (κ3) is 6.75. The van der Waals surface area contributed by atoms with E-state index in [1.54, 1.807) is 31.4 Å². The molecule has 0 unspecified atom stereocenters. The molecule has 0 saturated heterocycles. The second kappa shape index (κ2) is 10.1. The van der Waals surface area contributed by atoms with E-state index >= 15 is 0 Å². The van der Waals surface area contributed by atoms with Gasteiger partial charge in [-0.2, -0.15) is 0 Å². The van der Waals surface area contributed by atoms with Crippen LogP contribution in [-0.4, -0.2) is 31.0 Å². The Hall–Kier alpha value is -3.35. The van der Waals surface area contributed by atoms with Crippen molar-refractivity contribution in [2.24, 2.45) is 0 Å². The van der Waals surface area contributed by atoms with Crippen LogP contribution in [0.4, 0.5) is 5.69 Å². The Kier molecular flexibility index (Phi) is 7.56. The molecule has 0 aromatic heterocycles. The van der Waals surface area contributed by atoms with Crippen molar-refractivity contribution in [3.05, 3.63) is 59.7 Å². The van der Waals surface area contributed by atoms with Crippen molar-refractivity contribution in [1.82, 2.24) is 5.32 Å². The molecule has 0 bridgehead atoms. The van der Waals surface area contributed by atoms with Crippen molar-refractivity contribution in [1.29, 1.82) is 0 Å². The second-order valence-electron chi connectivity index (χ2n) is 6.25. The van der Waals surface area contributed by atoms with Gasteiger partial charge in [-0.15, -0.1) is 0 Å². The summed E-state index contributed by atoms with van der Waals surface area (Å²) < 4.78 is 10.3. The fraction of sp³-hybridized carbons (Fsp3) is 0.286. The van der Waals surface area contributed by atoms with Gasteiger partial charge in [0.25, 0.3) is 5.91 Å². The molecule has 0 aliphatic rings. The first-order valence-corrected chi connectivity index (χ1v) is 8.84. The van der Waals surface area contributed by atoms with Gasteiger partial charge in [0.15, 0.2) is 6.10 Å². The summed E-state index contributed by atoms with van der Waals surface area (Å²) in [4.78, 5) is 35.2. The zero-order chi connectivity index (χ0) is 20.5. The summed E-state index contributed by atoms with van der Waals surface area (Å²) in [5.74, 6) is -0.298. The van der Waals surface area contributed by atoms with Gasteiger partial charge in [-0.25, -0.2) is 0 Å². The molecule has 0 radical (unpaired) electrons. The van der Waals surface area contributed by atoms with Crippen LogP contribution < -0.4 is 15.4 Å². The van der Waals surface area contributed by atoms with E-state index in [1.807, 2.05) is 24.3 Å². The molecule has 2 aromatic rings. The normalized spacial score (nSPS) is 11.2. The highest BCUT2D eigenvalue weighted by Gasteiger charge is 2.17. The van der Waals surface area contributed by atoms with Crippen LogP contribution in [0.5, 0.6) is 5.75 Å². The Morgan fingerprint density at radius 1 is 0.964 bits per heavy atom. The summed E-state index contributed by atoms with van der Waals surface area (Å²) in [6.07, 6.45) is -0.861. The van der Waals surface area contributed by atoms with Crippen molar-refractivity contribution in [3.63, 3.8) is 0 Å². The van der Waals surface area contributed by atoms with Gasteiger partial charge in [-0.05, 0) is 42.3 Å². The number of hydrogen-bond donors (Lipinski definition) is 2. The van der Waals surface area contributed by atoms with Crippen molar-refractivity contribution in [2.45, 2.75) is 32.9 Å². The predicted molar refractivity (Wildman–Crippen MR) is 105 cm³/mol. The number of nitrogens with one attached hydrogen (secondary N) is 2. The average molecular weight is 384 g/mol. The minimum Gasteiger partial charge on any atom is -0.497 e. The van der Waals surface area contributed by atoms with Crippen LogP contribution in [0.2, 0.25) is 0 Å². The summed E-state index contributed by atoms with van der Waals surface area (Å²) in [5.41, 5.74) is 2.28. The minimum atomic E-state index is -0.899. The fourth-order valence-corrected chi connectivity index (χ4v) is 2.44. The van der Waals surface area contributed by atoms with Crippen molar-refractivity contribution < 1.29 is 23.9 Å².